The van der Waals surface area contributed by atoms with Crippen molar-refractivity contribution in [3.8, 4) is 10.7 Å². The Balaban J connectivity index is 1.46. The largest absolute Gasteiger partial charge is 0.342 e. The van der Waals surface area contributed by atoms with Crippen molar-refractivity contribution >= 4 is 29.0 Å². The molecule has 1 amide bonds. The van der Waals surface area contributed by atoms with Crippen molar-refractivity contribution in [3.05, 3.63) is 17.5 Å². The van der Waals surface area contributed by atoms with Gasteiger partial charge >= 0.3 is 0 Å². The van der Waals surface area contributed by atoms with E-state index in [9.17, 15) is 4.79 Å². The van der Waals surface area contributed by atoms with E-state index in [1.54, 1.807) is 11.3 Å². The van der Waals surface area contributed by atoms with E-state index in [4.69, 9.17) is 0 Å². The maximum absolute atomic E-state index is 12.5. The molecule has 5 nitrogen and oxygen atoms in total. The molecule has 2 aromatic rings. The Bertz CT molecular complexity index is 708. The Labute approximate surface area is 150 Å². The van der Waals surface area contributed by atoms with Crippen molar-refractivity contribution in [2.24, 2.45) is 5.92 Å². The van der Waals surface area contributed by atoms with Crippen LogP contribution >= 0.6 is 23.1 Å². The Kier molecular flexibility index (Phi) is 4.63. The van der Waals surface area contributed by atoms with E-state index in [-0.39, 0.29) is 5.91 Å². The number of thiophene rings is 1. The Hall–Kier alpha value is -1.34. The van der Waals surface area contributed by atoms with Crippen molar-refractivity contribution in [1.82, 2.24) is 19.7 Å². The highest BCUT2D eigenvalue weighted by molar-refractivity contribution is 7.99. The van der Waals surface area contributed by atoms with Crippen molar-refractivity contribution in [1.29, 1.82) is 0 Å². The minimum absolute atomic E-state index is 0.231. The maximum atomic E-state index is 12.5. The van der Waals surface area contributed by atoms with E-state index in [0.717, 1.165) is 35.4 Å². The standard InChI is InChI=1S/C17H22N4OS2/c1-12-4-2-8-20(10-12)15(22)11-24-17-19-18-16(14-5-3-9-23-14)21(17)13-6-7-13/h3,5,9,12-13H,2,4,6-8,10-11H2,1H3/t12-/m1/s1. The molecular weight excluding hydrogens is 340 g/mol. The quantitative estimate of drug-likeness (QED) is 0.761. The van der Waals surface area contributed by atoms with E-state index in [1.165, 1.54) is 31.0 Å². The van der Waals surface area contributed by atoms with Crippen LogP contribution in [-0.2, 0) is 4.79 Å². The molecule has 4 rings (SSSR count). The summed E-state index contributed by atoms with van der Waals surface area (Å²) in [4.78, 5) is 15.7. The van der Waals surface area contributed by atoms with Crippen LogP contribution in [0.1, 0.15) is 38.6 Å². The molecule has 2 aliphatic rings. The number of carbonyl (C=O) groups is 1. The molecule has 128 valence electrons. The van der Waals surface area contributed by atoms with Crippen LogP contribution in [0.25, 0.3) is 10.7 Å². The van der Waals surface area contributed by atoms with Crippen LogP contribution in [0.3, 0.4) is 0 Å². The molecule has 1 saturated carbocycles. The van der Waals surface area contributed by atoms with Crippen molar-refractivity contribution < 1.29 is 4.79 Å². The summed E-state index contributed by atoms with van der Waals surface area (Å²) in [7, 11) is 0. The first-order valence-electron chi connectivity index (χ1n) is 8.61. The zero-order valence-corrected chi connectivity index (χ0v) is 15.5. The zero-order chi connectivity index (χ0) is 16.5. The third-order valence-corrected chi connectivity index (χ3v) is 6.45. The summed E-state index contributed by atoms with van der Waals surface area (Å²) >= 11 is 3.23. The maximum Gasteiger partial charge on any atom is 0.233 e. The predicted molar refractivity (Wildman–Crippen MR) is 97.3 cm³/mol. The molecule has 1 atom stereocenters. The van der Waals surface area contributed by atoms with Crippen LogP contribution in [-0.4, -0.2) is 44.4 Å². The van der Waals surface area contributed by atoms with Gasteiger partial charge < -0.3 is 4.90 Å². The SMILES string of the molecule is C[C@@H]1CCCN(C(=O)CSc2nnc(-c3cccs3)n2C2CC2)C1. The number of likely N-dealkylation sites (tertiary alicyclic amines) is 1. The normalized spacial score (nSPS) is 21.2. The summed E-state index contributed by atoms with van der Waals surface area (Å²) in [5.41, 5.74) is 0. The highest BCUT2D eigenvalue weighted by Gasteiger charge is 2.31. The number of rotatable bonds is 5. The minimum atomic E-state index is 0.231. The first-order chi connectivity index (χ1) is 11.7. The molecule has 0 unspecified atom stereocenters. The lowest BCUT2D eigenvalue weighted by molar-refractivity contribution is -0.130. The Morgan fingerprint density at radius 1 is 1.38 bits per heavy atom. The van der Waals surface area contributed by atoms with E-state index < -0.39 is 0 Å². The van der Waals surface area contributed by atoms with E-state index in [2.05, 4.69) is 33.1 Å². The molecule has 7 heteroatoms. The molecule has 0 N–H and O–H groups in total. The molecule has 3 heterocycles. The van der Waals surface area contributed by atoms with E-state index >= 15 is 0 Å². The fourth-order valence-electron chi connectivity index (χ4n) is 3.24. The smallest absolute Gasteiger partial charge is 0.233 e. The number of nitrogens with zero attached hydrogens (tertiary/aromatic N) is 4. The van der Waals surface area contributed by atoms with Gasteiger partial charge in [0.2, 0.25) is 5.91 Å². The van der Waals surface area contributed by atoms with Gasteiger partial charge in [-0.05, 0) is 43.0 Å². The van der Waals surface area contributed by atoms with Crippen LogP contribution in [0, 0.1) is 5.92 Å². The Morgan fingerprint density at radius 3 is 2.96 bits per heavy atom. The lowest BCUT2D eigenvalue weighted by Gasteiger charge is -2.30. The van der Waals surface area contributed by atoms with Crippen LogP contribution < -0.4 is 0 Å². The summed E-state index contributed by atoms with van der Waals surface area (Å²) in [5.74, 6) is 2.26. The number of carbonyl (C=O) groups excluding carboxylic acids is 1. The summed E-state index contributed by atoms with van der Waals surface area (Å²) in [5, 5.41) is 11.7. The van der Waals surface area contributed by atoms with Gasteiger partial charge in [-0.2, -0.15) is 0 Å². The third-order valence-electron chi connectivity index (χ3n) is 4.65. The van der Waals surface area contributed by atoms with Crippen LogP contribution in [0.2, 0.25) is 0 Å². The molecule has 1 saturated heterocycles. The van der Waals surface area contributed by atoms with Crippen LogP contribution in [0.15, 0.2) is 22.7 Å². The fourth-order valence-corrected chi connectivity index (χ4v) is 4.86. The van der Waals surface area contributed by atoms with Crippen LogP contribution in [0.5, 0.6) is 0 Å². The van der Waals surface area contributed by atoms with Gasteiger partial charge in [-0.3, -0.25) is 9.36 Å². The van der Waals surface area contributed by atoms with Gasteiger partial charge in [0.1, 0.15) is 0 Å². The molecule has 24 heavy (non-hydrogen) atoms. The van der Waals surface area contributed by atoms with Crippen molar-refractivity contribution in [3.63, 3.8) is 0 Å². The highest BCUT2D eigenvalue weighted by Crippen LogP contribution is 2.41. The molecule has 2 aromatic heterocycles. The Morgan fingerprint density at radius 2 is 2.25 bits per heavy atom. The second-order valence-corrected chi connectivity index (χ2v) is 8.65. The first kappa shape index (κ1) is 16.1. The lowest BCUT2D eigenvalue weighted by Crippen LogP contribution is -2.40. The summed E-state index contributed by atoms with van der Waals surface area (Å²) in [6, 6.07) is 4.63. The van der Waals surface area contributed by atoms with Gasteiger partial charge in [0, 0.05) is 19.1 Å². The molecule has 2 fully saturated rings. The van der Waals surface area contributed by atoms with Gasteiger partial charge in [0.05, 0.1) is 10.6 Å². The van der Waals surface area contributed by atoms with Crippen molar-refractivity contribution in [2.75, 3.05) is 18.8 Å². The summed E-state index contributed by atoms with van der Waals surface area (Å²) in [6.07, 6.45) is 4.72. The van der Waals surface area contributed by atoms with Crippen molar-refractivity contribution in [2.45, 2.75) is 43.8 Å². The number of piperidine rings is 1. The second-order valence-electron chi connectivity index (χ2n) is 6.76. The second kappa shape index (κ2) is 6.88. The van der Waals surface area contributed by atoms with Gasteiger partial charge in [-0.25, -0.2) is 0 Å². The monoisotopic (exact) mass is 362 g/mol. The van der Waals surface area contributed by atoms with E-state index in [1.807, 2.05) is 11.0 Å². The van der Waals surface area contributed by atoms with E-state index in [0.29, 0.717) is 17.7 Å². The van der Waals surface area contributed by atoms with Gasteiger partial charge in [-0.1, -0.05) is 24.8 Å². The average molecular weight is 363 g/mol. The molecule has 0 bridgehead atoms. The average Bonchev–Trinajstić information content (AvgIpc) is 3.11. The van der Waals surface area contributed by atoms with Gasteiger partial charge in [0.25, 0.3) is 0 Å². The molecule has 1 aliphatic carbocycles. The summed E-state index contributed by atoms with van der Waals surface area (Å²) < 4.78 is 2.24. The van der Waals surface area contributed by atoms with Gasteiger partial charge in [-0.15, -0.1) is 21.5 Å². The molecular formula is C17H22N4OS2. The minimum Gasteiger partial charge on any atom is -0.342 e. The number of aromatic nitrogens is 3. The number of hydrogen-bond acceptors (Lipinski definition) is 5. The van der Waals surface area contributed by atoms with Crippen LogP contribution in [0.4, 0.5) is 0 Å². The lowest BCUT2D eigenvalue weighted by atomic mass is 10.0. The highest BCUT2D eigenvalue weighted by atomic mass is 32.2. The molecule has 0 radical (unpaired) electrons. The topological polar surface area (TPSA) is 51.0 Å². The number of hydrogen-bond donors (Lipinski definition) is 0. The third kappa shape index (κ3) is 3.37. The molecule has 0 spiro atoms. The first-order valence-corrected chi connectivity index (χ1v) is 10.5. The summed E-state index contributed by atoms with van der Waals surface area (Å²) in [6.45, 7) is 4.03. The number of thioether (sulfide) groups is 1. The zero-order valence-electron chi connectivity index (χ0n) is 13.9. The fraction of sp³-hybridized carbons (Fsp3) is 0.588. The predicted octanol–water partition coefficient (Wildman–Crippen LogP) is 3.69. The van der Waals surface area contributed by atoms with Gasteiger partial charge in [0.15, 0.2) is 11.0 Å². The number of amides is 1. The molecule has 0 aromatic carbocycles. The molecule has 1 aliphatic heterocycles.